The molecule has 0 saturated carbocycles. The van der Waals surface area contributed by atoms with Gasteiger partial charge in [0.25, 0.3) is 5.91 Å². The van der Waals surface area contributed by atoms with E-state index < -0.39 is 10.0 Å². The summed E-state index contributed by atoms with van der Waals surface area (Å²) in [6.45, 7) is 9.25. The van der Waals surface area contributed by atoms with Crippen LogP contribution in [0.15, 0.2) is 29.2 Å². The molecule has 0 atom stereocenters. The zero-order valence-corrected chi connectivity index (χ0v) is 17.1. The zero-order chi connectivity index (χ0) is 19.3. The van der Waals surface area contributed by atoms with Crippen LogP contribution in [0.5, 0.6) is 0 Å². The molecule has 1 N–H and O–H groups in total. The van der Waals surface area contributed by atoms with Crippen LogP contribution < -0.4 is 5.32 Å². The lowest BCUT2D eigenvalue weighted by Gasteiger charge is -2.32. The van der Waals surface area contributed by atoms with E-state index in [0.29, 0.717) is 11.5 Å². The summed E-state index contributed by atoms with van der Waals surface area (Å²) in [7, 11) is -1.95. The number of hydrogen-bond acceptors (Lipinski definition) is 4. The van der Waals surface area contributed by atoms with Crippen LogP contribution in [0.3, 0.4) is 0 Å². The van der Waals surface area contributed by atoms with E-state index in [-0.39, 0.29) is 16.8 Å². The Morgan fingerprint density at radius 1 is 1.23 bits per heavy atom. The van der Waals surface area contributed by atoms with Gasteiger partial charge in [-0.2, -0.15) is 4.31 Å². The number of carbonyl (C=O) groups is 1. The second-order valence-electron chi connectivity index (χ2n) is 7.18. The fourth-order valence-corrected chi connectivity index (χ4v) is 4.45. The van der Waals surface area contributed by atoms with Crippen LogP contribution in [0.25, 0.3) is 0 Å². The number of likely N-dealkylation sites (tertiary alicyclic amines) is 1. The summed E-state index contributed by atoms with van der Waals surface area (Å²) in [5, 5.41) is 3.37. The summed E-state index contributed by atoms with van der Waals surface area (Å²) in [6.07, 6.45) is 2.01. The molecule has 146 valence electrons. The lowest BCUT2D eigenvalue weighted by Crippen LogP contribution is -2.40. The Morgan fingerprint density at radius 2 is 1.81 bits per heavy atom. The molecule has 0 spiro atoms. The Kier molecular flexibility index (Phi) is 7.20. The van der Waals surface area contributed by atoms with Gasteiger partial charge >= 0.3 is 0 Å². The number of piperidine rings is 1. The second-order valence-corrected chi connectivity index (χ2v) is 9.18. The Bertz CT molecular complexity index is 693. The minimum atomic E-state index is -3.52. The largest absolute Gasteiger partial charge is 0.339 e. The fourth-order valence-electron chi connectivity index (χ4n) is 3.08. The van der Waals surface area contributed by atoms with Crippen LogP contribution in [-0.2, 0) is 10.0 Å². The number of carbonyl (C=O) groups excluding carboxylic acids is 1. The number of rotatable bonds is 7. The smallest absolute Gasteiger partial charge is 0.253 e. The van der Waals surface area contributed by atoms with Crippen molar-refractivity contribution in [3.05, 3.63) is 29.8 Å². The molecule has 7 heteroatoms. The third-order valence-corrected chi connectivity index (χ3v) is 7.14. The van der Waals surface area contributed by atoms with Crippen LogP contribution in [-0.4, -0.2) is 62.8 Å². The van der Waals surface area contributed by atoms with Gasteiger partial charge in [0.05, 0.1) is 4.90 Å². The van der Waals surface area contributed by atoms with Gasteiger partial charge in [0, 0.05) is 31.7 Å². The summed E-state index contributed by atoms with van der Waals surface area (Å²) >= 11 is 0. The monoisotopic (exact) mass is 381 g/mol. The third kappa shape index (κ3) is 4.84. The SMILES string of the molecule is CCNCC1CCN(C(=O)c2ccc(S(=O)(=O)N(C)C(C)C)cc2)CC1. The maximum absolute atomic E-state index is 12.7. The number of amides is 1. The van der Waals surface area contributed by atoms with Crippen LogP contribution in [0, 0.1) is 5.92 Å². The first-order valence-corrected chi connectivity index (χ1v) is 10.8. The van der Waals surface area contributed by atoms with E-state index in [0.717, 1.165) is 39.0 Å². The second kappa shape index (κ2) is 8.97. The minimum absolute atomic E-state index is 0.0203. The maximum atomic E-state index is 12.7. The van der Waals surface area contributed by atoms with E-state index >= 15 is 0 Å². The standard InChI is InChI=1S/C19H31N3O3S/c1-5-20-14-16-10-12-22(13-11-16)19(23)17-6-8-18(9-7-17)26(24,25)21(4)15(2)3/h6-9,15-16,20H,5,10-14H2,1-4H3. The van der Waals surface area contributed by atoms with E-state index in [1.807, 2.05) is 18.7 Å². The van der Waals surface area contributed by atoms with Crippen molar-refractivity contribution in [1.29, 1.82) is 0 Å². The normalized spacial score (nSPS) is 16.5. The Morgan fingerprint density at radius 3 is 2.31 bits per heavy atom. The summed E-state index contributed by atoms with van der Waals surface area (Å²) in [5.41, 5.74) is 0.543. The van der Waals surface area contributed by atoms with Crippen LogP contribution in [0.4, 0.5) is 0 Å². The predicted molar refractivity (Wildman–Crippen MR) is 104 cm³/mol. The van der Waals surface area contributed by atoms with Gasteiger partial charge in [-0.1, -0.05) is 6.92 Å². The van der Waals surface area contributed by atoms with Crippen LogP contribution >= 0.6 is 0 Å². The van der Waals surface area contributed by atoms with Crippen molar-refractivity contribution in [2.24, 2.45) is 5.92 Å². The van der Waals surface area contributed by atoms with E-state index in [2.05, 4.69) is 12.2 Å². The zero-order valence-electron chi connectivity index (χ0n) is 16.2. The van der Waals surface area contributed by atoms with Crippen molar-refractivity contribution in [1.82, 2.24) is 14.5 Å². The first kappa shape index (κ1) is 20.9. The van der Waals surface area contributed by atoms with Gasteiger partial charge in [-0.3, -0.25) is 4.79 Å². The minimum Gasteiger partial charge on any atom is -0.339 e. The van der Waals surface area contributed by atoms with Crippen molar-refractivity contribution >= 4 is 15.9 Å². The van der Waals surface area contributed by atoms with Crippen LogP contribution in [0.2, 0.25) is 0 Å². The molecular weight excluding hydrogens is 350 g/mol. The molecule has 6 nitrogen and oxygen atoms in total. The quantitative estimate of drug-likeness (QED) is 0.786. The van der Waals surface area contributed by atoms with Gasteiger partial charge in [-0.15, -0.1) is 0 Å². The van der Waals surface area contributed by atoms with E-state index in [1.165, 1.54) is 16.4 Å². The molecule has 1 heterocycles. The molecule has 1 fully saturated rings. The number of nitrogens with zero attached hydrogens (tertiary/aromatic N) is 2. The molecule has 1 amide bonds. The fraction of sp³-hybridized carbons (Fsp3) is 0.632. The lowest BCUT2D eigenvalue weighted by molar-refractivity contribution is 0.0690. The molecular formula is C19H31N3O3S. The van der Waals surface area contributed by atoms with Gasteiger partial charge in [0.15, 0.2) is 0 Å². The van der Waals surface area contributed by atoms with Crippen molar-refractivity contribution in [3.8, 4) is 0 Å². The first-order valence-electron chi connectivity index (χ1n) is 9.35. The van der Waals surface area contributed by atoms with Crippen LogP contribution in [0.1, 0.15) is 44.0 Å². The molecule has 0 aliphatic carbocycles. The lowest BCUT2D eigenvalue weighted by atomic mass is 9.96. The highest BCUT2D eigenvalue weighted by molar-refractivity contribution is 7.89. The molecule has 2 rings (SSSR count). The summed E-state index contributed by atoms with van der Waals surface area (Å²) in [6, 6.07) is 6.17. The van der Waals surface area contributed by atoms with Crippen molar-refractivity contribution in [2.75, 3.05) is 33.2 Å². The molecule has 26 heavy (non-hydrogen) atoms. The number of benzene rings is 1. The third-order valence-electron chi connectivity index (χ3n) is 5.09. The average molecular weight is 382 g/mol. The van der Waals surface area contributed by atoms with E-state index in [4.69, 9.17) is 0 Å². The Balaban J connectivity index is 2.01. The summed E-state index contributed by atoms with van der Waals surface area (Å²) in [4.78, 5) is 14.8. The first-order chi connectivity index (χ1) is 12.3. The van der Waals surface area contributed by atoms with Gasteiger partial charge < -0.3 is 10.2 Å². The number of sulfonamides is 1. The van der Waals surface area contributed by atoms with Crippen molar-refractivity contribution < 1.29 is 13.2 Å². The molecule has 1 aliphatic rings. The van der Waals surface area contributed by atoms with Crippen molar-refractivity contribution in [3.63, 3.8) is 0 Å². The van der Waals surface area contributed by atoms with Gasteiger partial charge in [-0.25, -0.2) is 8.42 Å². The molecule has 0 radical (unpaired) electrons. The molecule has 1 aromatic rings. The summed E-state index contributed by atoms with van der Waals surface area (Å²) < 4.78 is 26.3. The molecule has 0 bridgehead atoms. The average Bonchev–Trinajstić information content (AvgIpc) is 2.65. The highest BCUT2D eigenvalue weighted by atomic mass is 32.2. The molecule has 1 saturated heterocycles. The topological polar surface area (TPSA) is 69.7 Å². The van der Waals surface area contributed by atoms with Crippen molar-refractivity contribution in [2.45, 2.75) is 44.6 Å². The number of hydrogen-bond donors (Lipinski definition) is 1. The van der Waals surface area contributed by atoms with E-state index in [9.17, 15) is 13.2 Å². The highest BCUT2D eigenvalue weighted by Crippen LogP contribution is 2.21. The predicted octanol–water partition coefficient (Wildman–Crippen LogP) is 2.18. The Hall–Kier alpha value is -1.44. The Labute approximate surface area is 157 Å². The summed E-state index contributed by atoms with van der Waals surface area (Å²) in [5.74, 6) is 0.603. The molecule has 0 aromatic heterocycles. The highest BCUT2D eigenvalue weighted by Gasteiger charge is 2.25. The van der Waals surface area contributed by atoms with E-state index in [1.54, 1.807) is 19.2 Å². The molecule has 1 aromatic carbocycles. The number of nitrogens with one attached hydrogen (secondary N) is 1. The van der Waals surface area contributed by atoms with Gasteiger partial charge in [0.1, 0.15) is 0 Å². The molecule has 0 unspecified atom stereocenters. The van der Waals surface area contributed by atoms with Gasteiger partial charge in [0.2, 0.25) is 10.0 Å². The molecule has 1 aliphatic heterocycles. The van der Waals surface area contributed by atoms with Gasteiger partial charge in [-0.05, 0) is 70.0 Å². The maximum Gasteiger partial charge on any atom is 0.253 e.